The van der Waals surface area contributed by atoms with Crippen LogP contribution in [0.5, 0.6) is 0 Å². The topological polar surface area (TPSA) is 38.5 Å². The van der Waals surface area contributed by atoms with Gasteiger partial charge in [-0.2, -0.15) is 13.2 Å². The van der Waals surface area contributed by atoms with Crippen molar-refractivity contribution in [2.45, 2.75) is 38.3 Å². The second-order valence-corrected chi connectivity index (χ2v) is 5.59. The fourth-order valence-electron chi connectivity index (χ4n) is 2.89. The first-order chi connectivity index (χ1) is 9.81. The summed E-state index contributed by atoms with van der Waals surface area (Å²) in [4.78, 5) is 2.11. The van der Waals surface area contributed by atoms with Gasteiger partial charge in [0.1, 0.15) is 0 Å². The van der Waals surface area contributed by atoms with Crippen LogP contribution in [0.3, 0.4) is 0 Å². The first-order valence-corrected chi connectivity index (χ1v) is 7.08. The minimum atomic E-state index is -4.33. The summed E-state index contributed by atoms with van der Waals surface area (Å²) in [6.45, 7) is 5.54. The molecule has 0 bridgehead atoms. The Morgan fingerprint density at radius 1 is 1.29 bits per heavy atom. The van der Waals surface area contributed by atoms with Gasteiger partial charge in [0.15, 0.2) is 0 Å². The first-order valence-electron chi connectivity index (χ1n) is 7.08. The maximum atomic E-state index is 12.8. The van der Waals surface area contributed by atoms with Crippen LogP contribution in [-0.4, -0.2) is 36.7 Å². The highest BCUT2D eigenvalue weighted by molar-refractivity contribution is 5.28. The fraction of sp³-hybridized carbons (Fsp3) is 0.600. The standard InChI is InChI=1S/C15H21F3N2O/c1-10-8-20(9-11(2)21-10)14(7-19)12-4-3-5-13(6-12)15(16,17)18/h3-6,10-11,14H,7-9,19H2,1-2H3/t10-,11+,14?. The molecule has 0 amide bonds. The Bertz CT molecular complexity index is 468. The van der Waals surface area contributed by atoms with Gasteiger partial charge in [-0.15, -0.1) is 0 Å². The van der Waals surface area contributed by atoms with Crippen molar-refractivity contribution in [3.05, 3.63) is 35.4 Å². The maximum absolute atomic E-state index is 12.8. The van der Waals surface area contributed by atoms with E-state index in [1.807, 2.05) is 13.8 Å². The Morgan fingerprint density at radius 3 is 2.43 bits per heavy atom. The molecule has 21 heavy (non-hydrogen) atoms. The second kappa shape index (κ2) is 6.34. The molecule has 1 unspecified atom stereocenters. The smallest absolute Gasteiger partial charge is 0.373 e. The van der Waals surface area contributed by atoms with Crippen LogP contribution in [0.4, 0.5) is 13.2 Å². The van der Waals surface area contributed by atoms with E-state index in [-0.39, 0.29) is 24.8 Å². The first kappa shape index (κ1) is 16.3. The number of alkyl halides is 3. The van der Waals surface area contributed by atoms with E-state index in [0.717, 1.165) is 6.07 Å². The molecule has 3 atom stereocenters. The quantitative estimate of drug-likeness (QED) is 0.933. The molecule has 1 fully saturated rings. The molecule has 3 nitrogen and oxygen atoms in total. The Labute approximate surface area is 122 Å². The number of hydrogen-bond donors (Lipinski definition) is 1. The molecule has 1 saturated heterocycles. The third kappa shape index (κ3) is 3.96. The monoisotopic (exact) mass is 302 g/mol. The average molecular weight is 302 g/mol. The molecule has 1 aromatic carbocycles. The summed E-state index contributed by atoms with van der Waals surface area (Å²) >= 11 is 0. The van der Waals surface area contributed by atoms with Gasteiger partial charge >= 0.3 is 6.18 Å². The molecule has 118 valence electrons. The van der Waals surface area contributed by atoms with E-state index in [9.17, 15) is 13.2 Å². The summed E-state index contributed by atoms with van der Waals surface area (Å²) in [6, 6.07) is 5.21. The Balaban J connectivity index is 2.25. The van der Waals surface area contributed by atoms with Crippen LogP contribution in [-0.2, 0) is 10.9 Å². The molecular weight excluding hydrogens is 281 g/mol. The van der Waals surface area contributed by atoms with Crippen LogP contribution in [0.1, 0.15) is 31.0 Å². The Morgan fingerprint density at radius 2 is 1.90 bits per heavy atom. The highest BCUT2D eigenvalue weighted by Gasteiger charge is 2.32. The number of ether oxygens (including phenoxy) is 1. The molecule has 0 aromatic heterocycles. The number of halogens is 3. The molecule has 1 aromatic rings. The van der Waals surface area contributed by atoms with E-state index < -0.39 is 11.7 Å². The van der Waals surface area contributed by atoms with E-state index in [1.54, 1.807) is 6.07 Å². The lowest BCUT2D eigenvalue weighted by Crippen LogP contribution is -2.48. The fourth-order valence-corrected chi connectivity index (χ4v) is 2.89. The lowest BCUT2D eigenvalue weighted by Gasteiger charge is -2.40. The van der Waals surface area contributed by atoms with Crippen LogP contribution >= 0.6 is 0 Å². The molecule has 1 heterocycles. The van der Waals surface area contributed by atoms with Gasteiger partial charge in [0.05, 0.1) is 17.8 Å². The van der Waals surface area contributed by atoms with Gasteiger partial charge in [0.25, 0.3) is 0 Å². The van der Waals surface area contributed by atoms with Gasteiger partial charge in [-0.3, -0.25) is 4.90 Å². The predicted octanol–water partition coefficient (Wildman–Crippen LogP) is 2.81. The number of hydrogen-bond acceptors (Lipinski definition) is 3. The molecule has 1 aliphatic heterocycles. The number of benzene rings is 1. The largest absolute Gasteiger partial charge is 0.416 e. The van der Waals surface area contributed by atoms with E-state index >= 15 is 0 Å². The maximum Gasteiger partial charge on any atom is 0.416 e. The molecule has 2 rings (SSSR count). The minimum absolute atomic E-state index is 0.0496. The molecule has 1 aliphatic rings. The van der Waals surface area contributed by atoms with Crippen molar-refractivity contribution in [3.8, 4) is 0 Å². The van der Waals surface area contributed by atoms with Crippen molar-refractivity contribution in [2.24, 2.45) is 5.73 Å². The Kier molecular flexibility index (Phi) is 4.91. The molecule has 2 N–H and O–H groups in total. The summed E-state index contributed by atoms with van der Waals surface area (Å²) in [5.41, 5.74) is 5.80. The van der Waals surface area contributed by atoms with Gasteiger partial charge in [-0.05, 0) is 31.5 Å². The third-order valence-electron chi connectivity index (χ3n) is 3.71. The minimum Gasteiger partial charge on any atom is -0.373 e. The number of rotatable bonds is 3. The van der Waals surface area contributed by atoms with Crippen molar-refractivity contribution >= 4 is 0 Å². The van der Waals surface area contributed by atoms with Crippen molar-refractivity contribution < 1.29 is 17.9 Å². The normalized spacial score (nSPS) is 25.8. The van der Waals surface area contributed by atoms with E-state index in [0.29, 0.717) is 18.7 Å². The lowest BCUT2D eigenvalue weighted by atomic mass is 10.0. The average Bonchev–Trinajstić information content (AvgIpc) is 2.38. The van der Waals surface area contributed by atoms with Gasteiger partial charge in [-0.1, -0.05) is 12.1 Å². The van der Waals surface area contributed by atoms with Crippen LogP contribution in [0.15, 0.2) is 24.3 Å². The zero-order valence-corrected chi connectivity index (χ0v) is 12.2. The summed E-state index contributed by atoms with van der Waals surface area (Å²) in [7, 11) is 0. The second-order valence-electron chi connectivity index (χ2n) is 5.59. The molecule has 6 heteroatoms. The molecule has 0 aliphatic carbocycles. The number of nitrogens with zero attached hydrogens (tertiary/aromatic N) is 1. The summed E-state index contributed by atoms with van der Waals surface area (Å²) in [6.07, 6.45) is -4.23. The lowest BCUT2D eigenvalue weighted by molar-refractivity contribution is -0.137. The van der Waals surface area contributed by atoms with Crippen LogP contribution in [0, 0.1) is 0 Å². The van der Waals surface area contributed by atoms with E-state index in [2.05, 4.69) is 4.90 Å². The predicted molar refractivity (Wildman–Crippen MR) is 74.8 cm³/mol. The van der Waals surface area contributed by atoms with Crippen molar-refractivity contribution in [1.29, 1.82) is 0 Å². The SMILES string of the molecule is C[C@@H]1CN(C(CN)c2cccc(C(F)(F)F)c2)C[C@H](C)O1. The van der Waals surface area contributed by atoms with Gasteiger partial charge < -0.3 is 10.5 Å². The summed E-state index contributed by atoms with van der Waals surface area (Å²) < 4.78 is 44.2. The number of morpholine rings is 1. The highest BCUT2D eigenvalue weighted by Crippen LogP contribution is 2.32. The highest BCUT2D eigenvalue weighted by atomic mass is 19.4. The zero-order chi connectivity index (χ0) is 15.6. The number of nitrogens with two attached hydrogens (primary N) is 1. The van der Waals surface area contributed by atoms with Crippen molar-refractivity contribution in [3.63, 3.8) is 0 Å². The summed E-state index contributed by atoms with van der Waals surface area (Å²) in [5, 5.41) is 0. The van der Waals surface area contributed by atoms with Gasteiger partial charge in [-0.25, -0.2) is 0 Å². The van der Waals surface area contributed by atoms with E-state index in [4.69, 9.17) is 10.5 Å². The summed E-state index contributed by atoms with van der Waals surface area (Å²) in [5.74, 6) is 0. The third-order valence-corrected chi connectivity index (χ3v) is 3.71. The molecule has 0 saturated carbocycles. The van der Waals surface area contributed by atoms with Crippen LogP contribution < -0.4 is 5.73 Å². The van der Waals surface area contributed by atoms with Crippen LogP contribution in [0.2, 0.25) is 0 Å². The molecule has 0 radical (unpaired) electrons. The molecular formula is C15H21F3N2O. The molecule has 0 spiro atoms. The Hall–Kier alpha value is -1.11. The van der Waals surface area contributed by atoms with Crippen molar-refractivity contribution in [2.75, 3.05) is 19.6 Å². The zero-order valence-electron chi connectivity index (χ0n) is 12.2. The van der Waals surface area contributed by atoms with Gasteiger partial charge in [0.2, 0.25) is 0 Å². The van der Waals surface area contributed by atoms with E-state index in [1.165, 1.54) is 12.1 Å². The van der Waals surface area contributed by atoms with Gasteiger partial charge in [0, 0.05) is 25.7 Å². The van der Waals surface area contributed by atoms with Crippen LogP contribution in [0.25, 0.3) is 0 Å². The van der Waals surface area contributed by atoms with Crippen molar-refractivity contribution in [1.82, 2.24) is 4.90 Å².